The van der Waals surface area contributed by atoms with Crippen LogP contribution in [0.1, 0.15) is 182 Å². The van der Waals surface area contributed by atoms with Crippen molar-refractivity contribution in [3.8, 4) is 0 Å². The summed E-state index contributed by atoms with van der Waals surface area (Å²) in [5.41, 5.74) is 0. The quantitative estimate of drug-likeness (QED) is 0.0718. The van der Waals surface area contributed by atoms with Crippen LogP contribution in [0, 0.1) is 37.5 Å². The number of nitrogens with zero attached hydrogens (tertiary/aromatic N) is 2. The number of halogens is 1. The molecule has 0 spiro atoms. The standard InChI is InChI=1S/2C16H34N.FH.Nd/c2*1-3-5-7-9-11-13-15-17-16-14-12-10-8-6-4-2;;/h2*3-16H2,1-2H3;1H;/q2*-1;;+2. The number of unbranched alkanes of at least 4 members (excludes halogenated alkanes) is 20. The molecule has 2 nitrogen and oxygen atoms in total. The normalized spacial score (nSPS) is 11.4. The third kappa shape index (κ3) is 29.8. The summed E-state index contributed by atoms with van der Waals surface area (Å²) in [5, 5.41) is 0. The largest absolute Gasteiger partial charge is 0.269 e. The van der Waals surface area contributed by atoms with E-state index in [-0.39, 0.29) is 4.70 Å². The van der Waals surface area contributed by atoms with Gasteiger partial charge in [-0.2, -0.15) is 0 Å². The van der Waals surface area contributed by atoms with Gasteiger partial charge in [0.15, 0.2) is 0 Å². The van der Waals surface area contributed by atoms with Gasteiger partial charge in [0.05, 0.1) is 0 Å². The first-order chi connectivity index (χ1) is 17.3. The van der Waals surface area contributed by atoms with Gasteiger partial charge in [-0.15, -0.1) is 0 Å². The van der Waals surface area contributed by atoms with Crippen molar-refractivity contribution in [2.24, 2.45) is 0 Å². The SMILES string of the molecule is CCCCCCCC[N](CCCCCCCC)[Nd][N](CCCCCCCC)CCCCCCCC.F. The predicted molar refractivity (Wildman–Crippen MR) is 159 cm³/mol. The molecule has 0 aromatic rings. The predicted octanol–water partition coefficient (Wildman–Crippen LogP) is 11.1. The molecule has 0 rings (SSSR count). The zero-order chi connectivity index (χ0) is 25.7. The summed E-state index contributed by atoms with van der Waals surface area (Å²) in [5.74, 6) is 0. The van der Waals surface area contributed by atoms with Gasteiger partial charge < -0.3 is 0 Å². The van der Waals surface area contributed by atoms with Gasteiger partial charge in [-0.05, 0) is 0 Å². The molecule has 0 atom stereocenters. The van der Waals surface area contributed by atoms with E-state index >= 15 is 0 Å². The van der Waals surface area contributed by atoms with Crippen molar-refractivity contribution in [2.75, 3.05) is 26.2 Å². The fraction of sp³-hybridized carbons (Fsp3) is 1.00. The van der Waals surface area contributed by atoms with Crippen molar-refractivity contribution in [1.29, 1.82) is 0 Å². The van der Waals surface area contributed by atoms with Crippen LogP contribution in [-0.4, -0.2) is 28.1 Å². The fourth-order valence-electron chi connectivity index (χ4n) is 4.96. The minimum Gasteiger partial charge on any atom is -0.269 e. The summed E-state index contributed by atoms with van der Waals surface area (Å²) in [7, 11) is 0. The molecular weight excluding hydrogens is 576 g/mol. The van der Waals surface area contributed by atoms with Crippen LogP contribution in [0.3, 0.4) is 0 Å². The molecule has 0 aliphatic rings. The van der Waals surface area contributed by atoms with Crippen molar-refractivity contribution in [1.82, 2.24) is 1.97 Å². The van der Waals surface area contributed by atoms with Crippen LogP contribution in [0.4, 0.5) is 4.70 Å². The Morgan fingerprint density at radius 3 is 0.722 bits per heavy atom. The van der Waals surface area contributed by atoms with Crippen LogP contribution in [-0.2, 0) is 0 Å². The van der Waals surface area contributed by atoms with Gasteiger partial charge >= 0.3 is 247 Å². The Balaban J connectivity index is 0. The first-order valence-electron chi connectivity index (χ1n) is 16.5. The molecule has 0 aliphatic heterocycles. The molecule has 0 aliphatic carbocycles. The van der Waals surface area contributed by atoms with Gasteiger partial charge in [0.25, 0.3) is 0 Å². The molecule has 0 saturated carbocycles. The summed E-state index contributed by atoms with van der Waals surface area (Å²) in [4.78, 5) is 0. The third-order valence-corrected chi connectivity index (χ3v) is 12.1. The molecule has 0 aromatic carbocycles. The molecule has 0 fully saturated rings. The summed E-state index contributed by atoms with van der Waals surface area (Å²) < 4.78 is 6.07. The molecule has 0 N–H and O–H groups in total. The maximum Gasteiger partial charge on any atom is -0.269 e. The van der Waals surface area contributed by atoms with E-state index in [1.807, 2.05) is 0 Å². The molecule has 0 bridgehead atoms. The molecule has 0 amide bonds. The maximum atomic E-state index is 3.04. The molecule has 0 unspecified atom stereocenters. The monoisotopic (exact) mass is 642 g/mol. The van der Waals surface area contributed by atoms with E-state index in [0.717, 1.165) is 0 Å². The van der Waals surface area contributed by atoms with Crippen molar-refractivity contribution in [2.45, 2.75) is 182 Å². The van der Waals surface area contributed by atoms with Gasteiger partial charge in [-0.3, -0.25) is 4.70 Å². The molecular formula is C32H69FN2Nd. The van der Waals surface area contributed by atoms with Gasteiger partial charge in [0.1, 0.15) is 0 Å². The van der Waals surface area contributed by atoms with Gasteiger partial charge in [0.2, 0.25) is 0 Å². The summed E-state index contributed by atoms with van der Waals surface area (Å²) in [6, 6.07) is 0. The second-order valence-corrected chi connectivity index (χ2v) is 15.8. The molecule has 218 valence electrons. The summed E-state index contributed by atoms with van der Waals surface area (Å²) >= 11 is -0.869. The van der Waals surface area contributed by atoms with Crippen molar-refractivity contribution in [3.63, 3.8) is 0 Å². The van der Waals surface area contributed by atoms with Gasteiger partial charge in [-0.1, -0.05) is 0 Å². The first kappa shape index (κ1) is 39.3. The van der Waals surface area contributed by atoms with Crippen molar-refractivity contribution in [3.05, 3.63) is 0 Å². The van der Waals surface area contributed by atoms with E-state index in [2.05, 4.69) is 29.7 Å². The van der Waals surface area contributed by atoms with E-state index in [4.69, 9.17) is 0 Å². The first-order valence-corrected chi connectivity index (χ1v) is 19.4. The van der Waals surface area contributed by atoms with Crippen LogP contribution in [0.15, 0.2) is 0 Å². The topological polar surface area (TPSA) is 6.48 Å². The molecule has 0 saturated heterocycles. The minimum atomic E-state index is -0.869. The molecule has 0 radical (unpaired) electrons. The Morgan fingerprint density at radius 1 is 0.306 bits per heavy atom. The van der Waals surface area contributed by atoms with Crippen molar-refractivity contribution >= 4 is 0 Å². The van der Waals surface area contributed by atoms with Gasteiger partial charge in [-0.25, -0.2) is 0 Å². The zero-order valence-electron chi connectivity index (χ0n) is 25.6. The third-order valence-electron chi connectivity index (χ3n) is 7.41. The second-order valence-electron chi connectivity index (χ2n) is 11.1. The van der Waals surface area contributed by atoms with Crippen LogP contribution in [0.2, 0.25) is 0 Å². The van der Waals surface area contributed by atoms with Crippen LogP contribution in [0.5, 0.6) is 0 Å². The number of hydrogen-bond acceptors (Lipinski definition) is 2. The number of hydrogen-bond donors (Lipinski definition) is 0. The summed E-state index contributed by atoms with van der Waals surface area (Å²) in [6.45, 7) is 15.0. The van der Waals surface area contributed by atoms with Crippen LogP contribution < -0.4 is 0 Å². The molecule has 0 aromatic heterocycles. The Kier molecular flexibility index (Phi) is 37.4. The Hall–Kier alpha value is 1.20. The van der Waals surface area contributed by atoms with Crippen molar-refractivity contribution < 1.29 is 42.2 Å². The smallest absolute Gasteiger partial charge is 0.269 e. The van der Waals surface area contributed by atoms with E-state index in [0.29, 0.717) is 0 Å². The van der Waals surface area contributed by atoms with Gasteiger partial charge in [0, 0.05) is 0 Å². The average molecular weight is 645 g/mol. The second kappa shape index (κ2) is 34.2. The molecule has 4 heteroatoms. The van der Waals surface area contributed by atoms with E-state index in [1.54, 1.807) is 0 Å². The van der Waals surface area contributed by atoms with Crippen LogP contribution in [0.25, 0.3) is 0 Å². The Morgan fingerprint density at radius 2 is 0.500 bits per heavy atom. The minimum absolute atomic E-state index is 0. The fourth-order valence-corrected chi connectivity index (χ4v) is 9.55. The van der Waals surface area contributed by atoms with E-state index in [9.17, 15) is 0 Å². The Labute approximate surface area is 250 Å². The number of rotatable bonds is 30. The zero-order valence-corrected chi connectivity index (χ0v) is 28.8. The van der Waals surface area contributed by atoms with E-state index < -0.39 is 37.5 Å². The van der Waals surface area contributed by atoms with E-state index in [1.165, 1.54) is 180 Å². The molecule has 36 heavy (non-hydrogen) atoms. The maximum absolute atomic E-state index is 3.04. The molecule has 0 heterocycles. The summed E-state index contributed by atoms with van der Waals surface area (Å²) in [6.07, 6.45) is 34.6. The Bertz CT molecular complexity index is 317. The average Bonchev–Trinajstić information content (AvgIpc) is 2.87. The van der Waals surface area contributed by atoms with Crippen LogP contribution >= 0.6 is 0 Å².